The number of nitrogens with one attached hydrogen (secondary N) is 1. The van der Waals surface area contributed by atoms with E-state index in [0.717, 1.165) is 20.6 Å². The summed E-state index contributed by atoms with van der Waals surface area (Å²) >= 11 is 3.20. The van der Waals surface area contributed by atoms with Crippen molar-refractivity contribution in [1.82, 2.24) is 9.29 Å². The van der Waals surface area contributed by atoms with Crippen LogP contribution in [0.3, 0.4) is 0 Å². The quantitative estimate of drug-likeness (QED) is 0.706. The fraction of sp³-hybridized carbons (Fsp3) is 0.474. The molecule has 1 unspecified atom stereocenters. The van der Waals surface area contributed by atoms with Gasteiger partial charge in [-0.2, -0.15) is 0 Å². The molecule has 28 heavy (non-hydrogen) atoms. The van der Waals surface area contributed by atoms with Gasteiger partial charge in [-0.1, -0.05) is 18.7 Å². The van der Waals surface area contributed by atoms with Crippen LogP contribution in [-0.4, -0.2) is 42.5 Å². The molecule has 0 bridgehead atoms. The monoisotopic (exact) mass is 439 g/mol. The van der Waals surface area contributed by atoms with E-state index in [-0.39, 0.29) is 24.1 Å². The van der Waals surface area contributed by atoms with Crippen LogP contribution in [0.15, 0.2) is 38.9 Å². The van der Waals surface area contributed by atoms with E-state index >= 15 is 0 Å². The van der Waals surface area contributed by atoms with Crippen molar-refractivity contribution in [3.63, 3.8) is 0 Å². The third-order valence-electron chi connectivity index (χ3n) is 4.54. The average molecular weight is 440 g/mol. The normalized spacial score (nSPS) is 18.1. The summed E-state index contributed by atoms with van der Waals surface area (Å²) in [5.41, 5.74) is 1.73. The maximum atomic E-state index is 12.6. The minimum Gasteiger partial charge on any atom is -0.326 e. The summed E-state index contributed by atoms with van der Waals surface area (Å²) in [4.78, 5) is 18.1. The lowest BCUT2D eigenvalue weighted by atomic mass is 9.99. The van der Waals surface area contributed by atoms with Gasteiger partial charge in [0.15, 0.2) is 4.34 Å². The first-order valence-corrected chi connectivity index (χ1v) is 12.7. The number of piperidine rings is 1. The Hall–Kier alpha value is -1.42. The molecular formula is C19H25N3O3S3. The van der Waals surface area contributed by atoms with Gasteiger partial charge in [-0.05, 0) is 50.5 Å². The number of aryl methyl sites for hydroxylation is 1. The number of benzene rings is 1. The topological polar surface area (TPSA) is 79.4 Å². The summed E-state index contributed by atoms with van der Waals surface area (Å²) < 4.78 is 27.0. The highest BCUT2D eigenvalue weighted by Crippen LogP contribution is 2.31. The molecule has 9 heteroatoms. The van der Waals surface area contributed by atoms with Gasteiger partial charge in [0.1, 0.15) is 0 Å². The molecule has 0 aliphatic carbocycles. The van der Waals surface area contributed by atoms with Crippen molar-refractivity contribution >= 4 is 44.7 Å². The third-order valence-corrected chi connectivity index (χ3v) is 8.64. The molecule has 1 fully saturated rings. The summed E-state index contributed by atoms with van der Waals surface area (Å²) in [5.74, 6) is -0.292. The van der Waals surface area contributed by atoms with Crippen LogP contribution in [0.5, 0.6) is 0 Å². The van der Waals surface area contributed by atoms with Crippen LogP contribution in [0.4, 0.5) is 5.69 Å². The van der Waals surface area contributed by atoms with Crippen molar-refractivity contribution in [2.75, 3.05) is 24.2 Å². The Bertz CT molecular complexity index is 910. The van der Waals surface area contributed by atoms with Gasteiger partial charge in [0, 0.05) is 34.7 Å². The zero-order chi connectivity index (χ0) is 20.1. The molecule has 2 heterocycles. The fourth-order valence-electron chi connectivity index (χ4n) is 3.13. The molecule has 1 aromatic carbocycles. The van der Waals surface area contributed by atoms with E-state index in [1.807, 2.05) is 43.5 Å². The van der Waals surface area contributed by atoms with Crippen LogP contribution >= 0.6 is 23.1 Å². The molecule has 0 saturated carbocycles. The number of carbonyl (C=O) groups is 1. The molecule has 1 N–H and O–H groups in total. The Morgan fingerprint density at radius 2 is 2.11 bits per heavy atom. The first-order valence-electron chi connectivity index (χ1n) is 9.36. The summed E-state index contributed by atoms with van der Waals surface area (Å²) in [6, 6.07) is 7.65. The van der Waals surface area contributed by atoms with Gasteiger partial charge in [0.2, 0.25) is 15.9 Å². The Morgan fingerprint density at radius 3 is 2.75 bits per heavy atom. The van der Waals surface area contributed by atoms with E-state index < -0.39 is 10.0 Å². The largest absolute Gasteiger partial charge is 0.326 e. The standard InChI is InChI=1S/C19H25N3O3S3/c1-3-11-28(24,25)22-10-4-5-15(12-22)18(23)21-16-6-8-17(9-7-16)27-19-20-14(2)13-26-19/h6-9,13,15H,3-5,10-12H2,1-2H3,(H,21,23). The maximum absolute atomic E-state index is 12.6. The van der Waals surface area contributed by atoms with E-state index in [1.54, 1.807) is 23.1 Å². The van der Waals surface area contributed by atoms with Crippen LogP contribution in [-0.2, 0) is 14.8 Å². The van der Waals surface area contributed by atoms with Gasteiger partial charge in [-0.15, -0.1) is 11.3 Å². The van der Waals surface area contributed by atoms with Crippen LogP contribution in [0.2, 0.25) is 0 Å². The van der Waals surface area contributed by atoms with Crippen LogP contribution in [0.25, 0.3) is 0 Å². The lowest BCUT2D eigenvalue weighted by Gasteiger charge is -2.31. The van der Waals surface area contributed by atoms with Gasteiger partial charge in [-0.25, -0.2) is 17.7 Å². The van der Waals surface area contributed by atoms with Crippen LogP contribution in [0, 0.1) is 12.8 Å². The summed E-state index contributed by atoms with van der Waals surface area (Å²) in [6.07, 6.45) is 2.01. The molecular weight excluding hydrogens is 414 g/mol. The SMILES string of the molecule is CCCS(=O)(=O)N1CCCC(C(=O)Nc2ccc(Sc3nc(C)cs3)cc2)C1. The van der Waals surface area contributed by atoms with Gasteiger partial charge >= 0.3 is 0 Å². The minimum absolute atomic E-state index is 0.118. The number of thiazole rings is 1. The van der Waals surface area contributed by atoms with Crippen molar-refractivity contribution < 1.29 is 13.2 Å². The number of nitrogens with zero attached hydrogens (tertiary/aromatic N) is 2. The van der Waals surface area contributed by atoms with E-state index in [4.69, 9.17) is 0 Å². The molecule has 152 valence electrons. The Morgan fingerprint density at radius 1 is 1.36 bits per heavy atom. The predicted molar refractivity (Wildman–Crippen MR) is 114 cm³/mol. The number of carbonyl (C=O) groups excluding carboxylic acids is 1. The number of rotatable bonds is 7. The summed E-state index contributed by atoms with van der Waals surface area (Å²) in [6.45, 7) is 4.60. The number of sulfonamides is 1. The van der Waals surface area contributed by atoms with Crippen molar-refractivity contribution in [3.8, 4) is 0 Å². The smallest absolute Gasteiger partial charge is 0.228 e. The van der Waals surface area contributed by atoms with Gasteiger partial charge in [-0.3, -0.25) is 4.79 Å². The molecule has 0 radical (unpaired) electrons. The number of amides is 1. The van der Waals surface area contributed by atoms with E-state index in [9.17, 15) is 13.2 Å². The molecule has 1 aromatic heterocycles. The van der Waals surface area contributed by atoms with Crippen LogP contribution < -0.4 is 5.32 Å². The van der Waals surface area contributed by atoms with E-state index in [1.165, 1.54) is 4.31 Å². The molecule has 1 saturated heterocycles. The third kappa shape index (κ3) is 5.56. The summed E-state index contributed by atoms with van der Waals surface area (Å²) in [5, 5.41) is 4.95. The Labute approximate surface area is 174 Å². The first-order chi connectivity index (χ1) is 13.4. The molecule has 6 nitrogen and oxygen atoms in total. The molecule has 1 aliphatic heterocycles. The second-order valence-electron chi connectivity index (χ2n) is 6.88. The second-order valence-corrected chi connectivity index (χ2v) is 11.2. The van der Waals surface area contributed by atoms with Crippen molar-refractivity contribution in [1.29, 1.82) is 0 Å². The predicted octanol–water partition coefficient (Wildman–Crippen LogP) is 3.99. The number of aromatic nitrogens is 1. The molecule has 2 aromatic rings. The average Bonchev–Trinajstić information content (AvgIpc) is 3.08. The van der Waals surface area contributed by atoms with Gasteiger partial charge in [0.05, 0.1) is 11.7 Å². The maximum Gasteiger partial charge on any atom is 0.228 e. The number of anilines is 1. The summed E-state index contributed by atoms with van der Waals surface area (Å²) in [7, 11) is -3.26. The molecule has 1 aliphatic rings. The highest BCUT2D eigenvalue weighted by molar-refractivity contribution is 8.01. The molecule has 0 spiro atoms. The first kappa shape index (κ1) is 21.3. The lowest BCUT2D eigenvalue weighted by Crippen LogP contribution is -2.44. The highest BCUT2D eigenvalue weighted by atomic mass is 32.2. The van der Waals surface area contributed by atoms with Gasteiger partial charge in [0.25, 0.3) is 0 Å². The zero-order valence-electron chi connectivity index (χ0n) is 16.1. The van der Waals surface area contributed by atoms with Crippen molar-refractivity contribution in [3.05, 3.63) is 35.3 Å². The van der Waals surface area contributed by atoms with Gasteiger partial charge < -0.3 is 5.32 Å². The number of hydrogen-bond acceptors (Lipinski definition) is 6. The Kier molecular flexibility index (Phi) is 7.14. The molecule has 3 rings (SSSR count). The zero-order valence-corrected chi connectivity index (χ0v) is 18.5. The molecule has 1 amide bonds. The van der Waals surface area contributed by atoms with E-state index in [2.05, 4.69) is 10.3 Å². The molecule has 1 atom stereocenters. The van der Waals surface area contributed by atoms with Crippen molar-refractivity contribution in [2.24, 2.45) is 5.92 Å². The highest BCUT2D eigenvalue weighted by Gasteiger charge is 2.31. The van der Waals surface area contributed by atoms with Crippen LogP contribution in [0.1, 0.15) is 31.9 Å². The Balaban J connectivity index is 1.58. The van der Waals surface area contributed by atoms with Crippen molar-refractivity contribution in [2.45, 2.75) is 42.3 Å². The lowest BCUT2D eigenvalue weighted by molar-refractivity contribution is -0.120. The van der Waals surface area contributed by atoms with E-state index in [0.29, 0.717) is 25.8 Å². The second kappa shape index (κ2) is 9.39. The minimum atomic E-state index is -3.26. The fourth-order valence-corrected chi connectivity index (χ4v) is 6.52. The number of hydrogen-bond donors (Lipinski definition) is 1.